The number of carbonyl (C=O) groups excluding carboxylic acids is 1. The minimum absolute atomic E-state index is 0.234. The zero-order valence-electron chi connectivity index (χ0n) is 13.1. The Bertz CT molecular complexity index is 738. The van der Waals surface area contributed by atoms with Crippen LogP contribution in [0.2, 0.25) is 0 Å². The zero-order valence-corrected chi connectivity index (χ0v) is 13.9. The number of nitrogens with one attached hydrogen (secondary N) is 2. The van der Waals surface area contributed by atoms with E-state index in [1.54, 1.807) is 0 Å². The van der Waals surface area contributed by atoms with Crippen molar-refractivity contribution in [3.05, 3.63) is 29.8 Å². The van der Waals surface area contributed by atoms with E-state index < -0.39 is 17.7 Å². The largest absolute Gasteiger partial charge is 0.346 e. The van der Waals surface area contributed by atoms with Gasteiger partial charge in [0.05, 0.1) is 5.69 Å². The molecule has 1 aliphatic rings. The van der Waals surface area contributed by atoms with Crippen molar-refractivity contribution in [3.63, 3.8) is 0 Å². The summed E-state index contributed by atoms with van der Waals surface area (Å²) in [6.45, 7) is 4.02. The second-order valence-electron chi connectivity index (χ2n) is 5.79. The third-order valence-electron chi connectivity index (χ3n) is 3.74. The molecule has 0 spiro atoms. The molecule has 128 valence electrons. The highest BCUT2D eigenvalue weighted by Crippen LogP contribution is 2.28. The molecule has 2 heterocycles. The van der Waals surface area contributed by atoms with Gasteiger partial charge in [0.25, 0.3) is 0 Å². The Labute approximate surface area is 141 Å². The molecule has 1 saturated heterocycles. The van der Waals surface area contributed by atoms with Gasteiger partial charge in [-0.2, -0.15) is 0 Å². The molecule has 1 fully saturated rings. The first-order valence-corrected chi connectivity index (χ1v) is 8.44. The van der Waals surface area contributed by atoms with Crippen molar-refractivity contribution in [2.24, 2.45) is 5.92 Å². The highest BCUT2D eigenvalue weighted by atomic mass is 32.1. The van der Waals surface area contributed by atoms with Crippen LogP contribution in [0.4, 0.5) is 29.5 Å². The quantitative estimate of drug-likeness (QED) is 0.883. The molecule has 9 heteroatoms. The van der Waals surface area contributed by atoms with Crippen LogP contribution in [0.1, 0.15) is 19.8 Å². The number of amides is 2. The smallest absolute Gasteiger partial charge is 0.325 e. The van der Waals surface area contributed by atoms with Gasteiger partial charge in [0.15, 0.2) is 0 Å². The lowest BCUT2D eigenvalue weighted by molar-refractivity contribution is 0.262. The molecular weight excluding hydrogens is 336 g/mol. The Morgan fingerprint density at radius 1 is 1.33 bits per heavy atom. The summed E-state index contributed by atoms with van der Waals surface area (Å²) in [6, 6.07) is 2.14. The van der Waals surface area contributed by atoms with E-state index >= 15 is 0 Å². The maximum atomic E-state index is 13.5. The van der Waals surface area contributed by atoms with Gasteiger partial charge in [0, 0.05) is 19.2 Å². The van der Waals surface area contributed by atoms with Crippen LogP contribution in [0.15, 0.2) is 18.2 Å². The number of halogens is 2. The molecule has 2 aromatic rings. The van der Waals surface area contributed by atoms with Crippen molar-refractivity contribution in [2.45, 2.75) is 19.8 Å². The minimum atomic E-state index is -0.716. The van der Waals surface area contributed by atoms with E-state index in [2.05, 4.69) is 32.7 Å². The van der Waals surface area contributed by atoms with Crippen LogP contribution < -0.4 is 15.5 Å². The molecule has 0 bridgehead atoms. The van der Waals surface area contributed by atoms with E-state index in [4.69, 9.17) is 0 Å². The molecule has 24 heavy (non-hydrogen) atoms. The van der Waals surface area contributed by atoms with Gasteiger partial charge in [-0.15, -0.1) is 10.2 Å². The molecule has 0 saturated carbocycles. The first-order valence-electron chi connectivity index (χ1n) is 7.63. The van der Waals surface area contributed by atoms with Crippen molar-refractivity contribution in [3.8, 4) is 0 Å². The third-order valence-corrected chi connectivity index (χ3v) is 4.64. The van der Waals surface area contributed by atoms with Gasteiger partial charge in [-0.25, -0.2) is 13.6 Å². The van der Waals surface area contributed by atoms with Gasteiger partial charge in [-0.3, -0.25) is 5.32 Å². The molecule has 1 unspecified atom stereocenters. The van der Waals surface area contributed by atoms with E-state index in [1.165, 1.54) is 17.8 Å². The summed E-state index contributed by atoms with van der Waals surface area (Å²) >= 11 is 1.25. The van der Waals surface area contributed by atoms with Gasteiger partial charge in [0.2, 0.25) is 10.3 Å². The highest BCUT2D eigenvalue weighted by molar-refractivity contribution is 7.19. The fourth-order valence-electron chi connectivity index (χ4n) is 2.60. The molecule has 1 aliphatic heterocycles. The lowest BCUT2D eigenvalue weighted by Crippen LogP contribution is -2.34. The first-order chi connectivity index (χ1) is 11.5. The number of hydrogen-bond acceptors (Lipinski definition) is 5. The summed E-state index contributed by atoms with van der Waals surface area (Å²) < 4.78 is 26.6. The van der Waals surface area contributed by atoms with E-state index in [0.29, 0.717) is 11.0 Å². The lowest BCUT2D eigenvalue weighted by Gasteiger charge is -2.29. The van der Waals surface area contributed by atoms with Gasteiger partial charge >= 0.3 is 6.03 Å². The van der Waals surface area contributed by atoms with Crippen molar-refractivity contribution in [2.75, 3.05) is 28.6 Å². The summed E-state index contributed by atoms with van der Waals surface area (Å²) in [7, 11) is 0. The first kappa shape index (κ1) is 16.6. The average molecular weight is 353 g/mol. The van der Waals surface area contributed by atoms with E-state index in [-0.39, 0.29) is 5.69 Å². The monoisotopic (exact) mass is 353 g/mol. The van der Waals surface area contributed by atoms with Crippen molar-refractivity contribution >= 4 is 33.3 Å². The fraction of sp³-hybridized carbons (Fsp3) is 0.400. The van der Waals surface area contributed by atoms with Crippen LogP contribution in [-0.4, -0.2) is 29.3 Å². The molecule has 1 atom stereocenters. The number of anilines is 3. The molecular formula is C15H17F2N5OS. The highest BCUT2D eigenvalue weighted by Gasteiger charge is 2.20. The second-order valence-corrected chi connectivity index (χ2v) is 6.74. The van der Waals surface area contributed by atoms with Crippen molar-refractivity contribution in [1.82, 2.24) is 10.2 Å². The van der Waals surface area contributed by atoms with Crippen LogP contribution in [0.3, 0.4) is 0 Å². The van der Waals surface area contributed by atoms with E-state index in [0.717, 1.165) is 42.8 Å². The molecule has 1 aromatic heterocycles. The summed E-state index contributed by atoms with van der Waals surface area (Å²) in [5.74, 6) is -0.755. The van der Waals surface area contributed by atoms with Gasteiger partial charge < -0.3 is 10.2 Å². The fourth-order valence-corrected chi connectivity index (χ4v) is 3.38. The Balaban J connectivity index is 1.62. The number of carbonyl (C=O) groups is 1. The third kappa shape index (κ3) is 3.97. The van der Waals surface area contributed by atoms with E-state index in [1.807, 2.05) is 0 Å². The number of rotatable bonds is 3. The number of nitrogens with zero attached hydrogens (tertiary/aromatic N) is 3. The standard InChI is InChI=1S/C15H17F2N5OS/c1-9-3-2-6-22(8-9)15-21-20-14(24-15)19-13(23)18-12-7-10(16)4-5-11(12)17/h4-5,7,9H,2-3,6,8H2,1H3,(H2,18,19,20,23). The van der Waals surface area contributed by atoms with Crippen molar-refractivity contribution < 1.29 is 13.6 Å². The zero-order chi connectivity index (χ0) is 17.1. The number of aromatic nitrogens is 2. The van der Waals surface area contributed by atoms with Crippen LogP contribution in [0, 0.1) is 17.6 Å². The molecule has 0 aliphatic carbocycles. The lowest BCUT2D eigenvalue weighted by atomic mass is 10.0. The number of urea groups is 1. The Hall–Kier alpha value is -2.29. The number of hydrogen-bond donors (Lipinski definition) is 2. The average Bonchev–Trinajstić information content (AvgIpc) is 2.99. The van der Waals surface area contributed by atoms with Gasteiger partial charge in [0.1, 0.15) is 11.6 Å². The second kappa shape index (κ2) is 7.08. The van der Waals surface area contributed by atoms with E-state index in [9.17, 15) is 13.6 Å². The minimum Gasteiger partial charge on any atom is -0.346 e. The van der Waals surface area contributed by atoms with Gasteiger partial charge in [-0.1, -0.05) is 18.3 Å². The summed E-state index contributed by atoms with van der Waals surface area (Å²) in [5.41, 5.74) is -0.234. The summed E-state index contributed by atoms with van der Waals surface area (Å²) in [6.07, 6.45) is 2.30. The molecule has 3 rings (SSSR count). The Morgan fingerprint density at radius 3 is 2.96 bits per heavy atom. The normalized spacial score (nSPS) is 17.6. The predicted octanol–water partition coefficient (Wildman–Crippen LogP) is 3.70. The van der Waals surface area contributed by atoms with Crippen LogP contribution >= 0.6 is 11.3 Å². The van der Waals surface area contributed by atoms with Crippen LogP contribution in [0.25, 0.3) is 0 Å². The molecule has 0 radical (unpaired) electrons. The Morgan fingerprint density at radius 2 is 2.17 bits per heavy atom. The molecule has 2 amide bonds. The predicted molar refractivity (Wildman–Crippen MR) is 89.5 cm³/mol. The number of piperidine rings is 1. The summed E-state index contributed by atoms with van der Waals surface area (Å²) in [5, 5.41) is 13.8. The Kier molecular flexibility index (Phi) is 4.89. The van der Waals surface area contributed by atoms with Crippen LogP contribution in [0.5, 0.6) is 0 Å². The molecule has 1 aromatic carbocycles. The van der Waals surface area contributed by atoms with Gasteiger partial charge in [-0.05, 0) is 30.9 Å². The topological polar surface area (TPSA) is 70.2 Å². The molecule has 2 N–H and O–H groups in total. The number of benzene rings is 1. The summed E-state index contributed by atoms with van der Waals surface area (Å²) in [4.78, 5) is 14.0. The van der Waals surface area contributed by atoms with Crippen LogP contribution in [-0.2, 0) is 0 Å². The maximum absolute atomic E-state index is 13.5. The maximum Gasteiger partial charge on any atom is 0.325 e. The van der Waals surface area contributed by atoms with Crippen molar-refractivity contribution in [1.29, 1.82) is 0 Å². The SMILES string of the molecule is CC1CCCN(c2nnc(NC(=O)Nc3cc(F)ccc3F)s2)C1. The molecule has 6 nitrogen and oxygen atoms in total.